The third kappa shape index (κ3) is 0.813. The lowest BCUT2D eigenvalue weighted by Gasteiger charge is -1.94. The number of rotatable bonds is 0. The lowest BCUT2D eigenvalue weighted by Crippen LogP contribution is -1.96. The second kappa shape index (κ2) is 1.91. The standard InChI is InChI=1S/C6H7N5/c1-3-4-2-8-11-5(4)10-6(7)9-3/h2H,1H3,(H3,7,8,9,10,11). The molecule has 0 aliphatic carbocycles. The highest BCUT2D eigenvalue weighted by atomic mass is 15.2. The number of anilines is 1. The maximum Gasteiger partial charge on any atom is 0.222 e. The Kier molecular flexibility index (Phi) is 1.06. The van der Waals surface area contributed by atoms with Crippen LogP contribution < -0.4 is 5.73 Å². The minimum atomic E-state index is 0.277. The molecule has 0 amide bonds. The highest BCUT2D eigenvalue weighted by Crippen LogP contribution is 2.11. The maximum atomic E-state index is 5.41. The molecule has 0 bridgehead atoms. The van der Waals surface area contributed by atoms with Crippen molar-refractivity contribution in [3.63, 3.8) is 0 Å². The van der Waals surface area contributed by atoms with Gasteiger partial charge in [-0.1, -0.05) is 0 Å². The van der Waals surface area contributed by atoms with Crippen molar-refractivity contribution in [2.45, 2.75) is 6.92 Å². The fourth-order valence-corrected chi connectivity index (χ4v) is 1.00. The number of hydrogen-bond donors (Lipinski definition) is 2. The third-order valence-electron chi connectivity index (χ3n) is 1.52. The Morgan fingerprint density at radius 3 is 3.09 bits per heavy atom. The summed E-state index contributed by atoms with van der Waals surface area (Å²) in [6.07, 6.45) is 1.68. The van der Waals surface area contributed by atoms with Gasteiger partial charge >= 0.3 is 0 Å². The second-order valence-corrected chi connectivity index (χ2v) is 2.30. The van der Waals surface area contributed by atoms with Gasteiger partial charge in [-0.05, 0) is 6.92 Å². The van der Waals surface area contributed by atoms with Gasteiger partial charge < -0.3 is 5.73 Å². The van der Waals surface area contributed by atoms with E-state index in [1.165, 1.54) is 0 Å². The molecule has 5 heteroatoms. The zero-order valence-electron chi connectivity index (χ0n) is 6.00. The van der Waals surface area contributed by atoms with Crippen molar-refractivity contribution in [2.24, 2.45) is 0 Å². The number of hydrogen-bond acceptors (Lipinski definition) is 4. The fraction of sp³-hybridized carbons (Fsp3) is 0.167. The van der Waals surface area contributed by atoms with Crippen LogP contribution >= 0.6 is 0 Å². The summed E-state index contributed by atoms with van der Waals surface area (Å²) in [5.41, 5.74) is 6.95. The van der Waals surface area contributed by atoms with Crippen LogP contribution in [0.2, 0.25) is 0 Å². The molecule has 0 spiro atoms. The zero-order chi connectivity index (χ0) is 7.84. The van der Waals surface area contributed by atoms with Gasteiger partial charge in [0.2, 0.25) is 5.95 Å². The van der Waals surface area contributed by atoms with Gasteiger partial charge in [0.15, 0.2) is 5.65 Å². The Labute approximate surface area is 62.7 Å². The Morgan fingerprint density at radius 1 is 1.45 bits per heavy atom. The first kappa shape index (κ1) is 6.09. The summed E-state index contributed by atoms with van der Waals surface area (Å²) >= 11 is 0. The van der Waals surface area contributed by atoms with Gasteiger partial charge in [0.25, 0.3) is 0 Å². The largest absolute Gasteiger partial charge is 0.368 e. The van der Waals surface area contributed by atoms with Gasteiger partial charge in [-0.3, -0.25) is 5.10 Å². The highest BCUT2D eigenvalue weighted by molar-refractivity contribution is 5.77. The Morgan fingerprint density at radius 2 is 2.27 bits per heavy atom. The number of H-pyrrole nitrogens is 1. The predicted octanol–water partition coefficient (Wildman–Crippen LogP) is 0.244. The Hall–Kier alpha value is -1.65. The molecule has 0 saturated carbocycles. The van der Waals surface area contributed by atoms with Crippen LogP contribution in [-0.4, -0.2) is 20.2 Å². The zero-order valence-corrected chi connectivity index (χ0v) is 6.00. The van der Waals surface area contributed by atoms with E-state index in [0.29, 0.717) is 5.65 Å². The first-order valence-electron chi connectivity index (χ1n) is 3.20. The number of aromatic nitrogens is 4. The van der Waals surface area contributed by atoms with Crippen LogP contribution in [-0.2, 0) is 0 Å². The van der Waals surface area contributed by atoms with E-state index < -0.39 is 0 Å². The minimum Gasteiger partial charge on any atom is -0.368 e. The number of nitrogens with two attached hydrogens (primary N) is 1. The van der Waals surface area contributed by atoms with E-state index in [1.54, 1.807) is 6.20 Å². The molecule has 11 heavy (non-hydrogen) atoms. The monoisotopic (exact) mass is 149 g/mol. The van der Waals surface area contributed by atoms with Crippen molar-refractivity contribution in [3.05, 3.63) is 11.9 Å². The molecule has 0 aliphatic heterocycles. The highest BCUT2D eigenvalue weighted by Gasteiger charge is 2.01. The first-order valence-corrected chi connectivity index (χ1v) is 3.20. The number of aryl methyl sites for hydroxylation is 1. The van der Waals surface area contributed by atoms with Gasteiger partial charge in [-0.2, -0.15) is 10.1 Å². The van der Waals surface area contributed by atoms with E-state index in [9.17, 15) is 0 Å². The molecule has 5 nitrogen and oxygen atoms in total. The molecule has 0 radical (unpaired) electrons. The van der Waals surface area contributed by atoms with Crippen LogP contribution in [0.3, 0.4) is 0 Å². The maximum absolute atomic E-state index is 5.41. The van der Waals surface area contributed by atoms with E-state index >= 15 is 0 Å². The van der Waals surface area contributed by atoms with Crippen LogP contribution in [0.1, 0.15) is 5.69 Å². The minimum absolute atomic E-state index is 0.277. The van der Waals surface area contributed by atoms with E-state index in [0.717, 1.165) is 11.1 Å². The number of nitrogens with one attached hydrogen (secondary N) is 1. The molecule has 2 heterocycles. The van der Waals surface area contributed by atoms with Crippen molar-refractivity contribution in [2.75, 3.05) is 5.73 Å². The van der Waals surface area contributed by atoms with E-state index in [1.807, 2.05) is 6.92 Å². The third-order valence-corrected chi connectivity index (χ3v) is 1.52. The van der Waals surface area contributed by atoms with Crippen LogP contribution in [0.25, 0.3) is 11.0 Å². The molecule has 56 valence electrons. The molecule has 2 rings (SSSR count). The molecule has 0 atom stereocenters. The predicted molar refractivity (Wildman–Crippen MR) is 40.8 cm³/mol. The van der Waals surface area contributed by atoms with Crippen LogP contribution in [0.5, 0.6) is 0 Å². The van der Waals surface area contributed by atoms with Crippen molar-refractivity contribution in [1.82, 2.24) is 20.2 Å². The first-order chi connectivity index (χ1) is 5.27. The molecule has 3 N–H and O–H groups in total. The molecule has 2 aromatic rings. The topological polar surface area (TPSA) is 80.5 Å². The summed E-state index contributed by atoms with van der Waals surface area (Å²) < 4.78 is 0. The summed E-state index contributed by atoms with van der Waals surface area (Å²) in [5.74, 6) is 0.277. The summed E-state index contributed by atoms with van der Waals surface area (Å²) in [6, 6.07) is 0. The number of aromatic amines is 1. The van der Waals surface area contributed by atoms with Gasteiger partial charge in [0.1, 0.15) is 0 Å². The van der Waals surface area contributed by atoms with Gasteiger partial charge in [-0.25, -0.2) is 4.98 Å². The SMILES string of the molecule is Cc1nc(N)nc2[nH]ncc12. The van der Waals surface area contributed by atoms with Gasteiger partial charge in [0.05, 0.1) is 17.3 Å². The molecule has 0 aromatic carbocycles. The van der Waals surface area contributed by atoms with Crippen molar-refractivity contribution >= 4 is 17.0 Å². The summed E-state index contributed by atoms with van der Waals surface area (Å²) in [5, 5.41) is 7.46. The van der Waals surface area contributed by atoms with Crippen LogP contribution in [0, 0.1) is 6.92 Å². The molecule has 0 fully saturated rings. The van der Waals surface area contributed by atoms with E-state index in [-0.39, 0.29) is 5.95 Å². The summed E-state index contributed by atoms with van der Waals surface area (Å²) in [7, 11) is 0. The molecule has 0 unspecified atom stereocenters. The fourth-order valence-electron chi connectivity index (χ4n) is 1.00. The molecular weight excluding hydrogens is 142 g/mol. The smallest absolute Gasteiger partial charge is 0.222 e. The van der Waals surface area contributed by atoms with Crippen molar-refractivity contribution in [1.29, 1.82) is 0 Å². The lowest BCUT2D eigenvalue weighted by atomic mass is 10.3. The number of nitrogen functional groups attached to an aromatic ring is 1. The van der Waals surface area contributed by atoms with Gasteiger partial charge in [0, 0.05) is 0 Å². The van der Waals surface area contributed by atoms with Crippen LogP contribution in [0.4, 0.5) is 5.95 Å². The van der Waals surface area contributed by atoms with Crippen molar-refractivity contribution < 1.29 is 0 Å². The Bertz CT molecular complexity index is 391. The van der Waals surface area contributed by atoms with Crippen molar-refractivity contribution in [3.8, 4) is 0 Å². The van der Waals surface area contributed by atoms with E-state index in [4.69, 9.17) is 5.73 Å². The van der Waals surface area contributed by atoms with Gasteiger partial charge in [-0.15, -0.1) is 0 Å². The van der Waals surface area contributed by atoms with Crippen LogP contribution in [0.15, 0.2) is 6.20 Å². The van der Waals surface area contributed by atoms with E-state index in [2.05, 4.69) is 20.2 Å². The normalized spacial score (nSPS) is 10.6. The second-order valence-electron chi connectivity index (χ2n) is 2.30. The summed E-state index contributed by atoms with van der Waals surface area (Å²) in [6.45, 7) is 1.87. The Balaban J connectivity index is 2.91. The molecule has 2 aromatic heterocycles. The quantitative estimate of drug-likeness (QED) is 0.562. The average Bonchev–Trinajstić information content (AvgIpc) is 2.34. The molecule has 0 saturated heterocycles. The number of nitrogens with zero attached hydrogens (tertiary/aromatic N) is 3. The molecular formula is C6H7N5. The molecule has 0 aliphatic rings. The average molecular weight is 149 g/mol. The lowest BCUT2D eigenvalue weighted by molar-refractivity contribution is 1.09. The number of fused-ring (bicyclic) bond motifs is 1. The summed E-state index contributed by atoms with van der Waals surface area (Å²) in [4.78, 5) is 7.93.